The van der Waals surface area contributed by atoms with E-state index >= 15 is 0 Å². The van der Waals surface area contributed by atoms with Gasteiger partial charge in [-0.25, -0.2) is 4.99 Å². The first-order chi connectivity index (χ1) is 9.76. The lowest BCUT2D eigenvalue weighted by Crippen LogP contribution is -2.22. The van der Waals surface area contributed by atoms with Crippen LogP contribution in [-0.4, -0.2) is 16.3 Å². The number of thioether (sulfide) groups is 1. The third kappa shape index (κ3) is 2.84. The Labute approximate surface area is 128 Å². The second kappa shape index (κ2) is 5.90. The van der Waals surface area contributed by atoms with E-state index in [0.29, 0.717) is 0 Å². The van der Waals surface area contributed by atoms with Gasteiger partial charge < -0.3 is 4.90 Å². The van der Waals surface area contributed by atoms with E-state index in [1.54, 1.807) is 11.8 Å². The number of nitrogens with zero attached hydrogens (tertiary/aromatic N) is 2. The lowest BCUT2D eigenvalue weighted by Gasteiger charge is -2.18. The largest absolute Gasteiger partial charge is 0.343 e. The van der Waals surface area contributed by atoms with Crippen molar-refractivity contribution in [3.63, 3.8) is 0 Å². The van der Waals surface area contributed by atoms with Crippen molar-refractivity contribution < 1.29 is 0 Å². The van der Waals surface area contributed by atoms with Crippen molar-refractivity contribution in [1.29, 1.82) is 0 Å². The summed E-state index contributed by atoms with van der Waals surface area (Å²) in [5, 5.41) is 1.78. The minimum Gasteiger partial charge on any atom is -0.343 e. The number of hydrogen-bond donors (Lipinski definition) is 0. The van der Waals surface area contributed by atoms with E-state index in [1.807, 2.05) is 24.3 Å². The third-order valence-corrected chi connectivity index (χ3v) is 4.31. The van der Waals surface area contributed by atoms with Gasteiger partial charge in [-0.05, 0) is 41.6 Å². The molecule has 3 rings (SSSR count). The van der Waals surface area contributed by atoms with Crippen molar-refractivity contribution in [3.8, 4) is 0 Å². The number of hydrogen-bond acceptors (Lipinski definition) is 2. The number of rotatable bonds is 1. The van der Waals surface area contributed by atoms with Gasteiger partial charge in [0, 0.05) is 18.1 Å². The number of benzene rings is 2. The van der Waals surface area contributed by atoms with Crippen molar-refractivity contribution in [2.75, 3.05) is 6.26 Å². The Balaban J connectivity index is 1.83. The molecule has 2 nitrogen and oxygen atoms in total. The van der Waals surface area contributed by atoms with Gasteiger partial charge in [-0.1, -0.05) is 47.6 Å². The molecular formula is C16H15ClN2S. The summed E-state index contributed by atoms with van der Waals surface area (Å²) in [7, 11) is 0. The van der Waals surface area contributed by atoms with Gasteiger partial charge in [-0.15, -0.1) is 0 Å². The fourth-order valence-electron chi connectivity index (χ4n) is 2.34. The van der Waals surface area contributed by atoms with Crippen LogP contribution in [0.15, 0.2) is 53.5 Å². The van der Waals surface area contributed by atoms with Crippen LogP contribution in [0.2, 0.25) is 5.02 Å². The number of halogens is 1. The molecule has 1 heterocycles. The zero-order valence-corrected chi connectivity index (χ0v) is 12.8. The predicted molar refractivity (Wildman–Crippen MR) is 87.8 cm³/mol. The van der Waals surface area contributed by atoms with Crippen LogP contribution in [0.25, 0.3) is 0 Å². The Morgan fingerprint density at radius 1 is 1.05 bits per heavy atom. The molecule has 20 heavy (non-hydrogen) atoms. The molecule has 0 radical (unpaired) electrons. The van der Waals surface area contributed by atoms with E-state index in [4.69, 9.17) is 16.6 Å². The first kappa shape index (κ1) is 13.5. The maximum atomic E-state index is 5.91. The van der Waals surface area contributed by atoms with Crippen LogP contribution < -0.4 is 0 Å². The molecule has 1 aliphatic rings. The van der Waals surface area contributed by atoms with Gasteiger partial charge in [0.2, 0.25) is 0 Å². The molecule has 0 N–H and O–H groups in total. The Morgan fingerprint density at radius 3 is 2.20 bits per heavy atom. The molecule has 0 saturated carbocycles. The Bertz CT molecular complexity index is 612. The molecule has 4 heteroatoms. The fourth-order valence-corrected chi connectivity index (χ4v) is 3.05. The molecule has 0 unspecified atom stereocenters. The second-order valence-corrected chi connectivity index (χ2v) is 5.91. The molecule has 0 saturated heterocycles. The first-order valence-electron chi connectivity index (χ1n) is 6.46. The smallest absolute Gasteiger partial charge is 0.164 e. The van der Waals surface area contributed by atoms with Crippen LogP contribution in [0.3, 0.4) is 0 Å². The Hall–Kier alpha value is -1.45. The normalized spacial score (nSPS) is 14.5. The van der Waals surface area contributed by atoms with Crippen LogP contribution >= 0.6 is 23.4 Å². The van der Waals surface area contributed by atoms with Crippen LogP contribution in [0.1, 0.15) is 11.1 Å². The Kier molecular flexibility index (Phi) is 3.99. The molecule has 0 aromatic heterocycles. The fraction of sp³-hybridized carbons (Fsp3) is 0.188. The highest BCUT2D eigenvalue weighted by molar-refractivity contribution is 8.13. The van der Waals surface area contributed by atoms with E-state index < -0.39 is 0 Å². The topological polar surface area (TPSA) is 15.6 Å². The summed E-state index contributed by atoms with van der Waals surface area (Å²) < 4.78 is 0. The molecule has 0 amide bonds. The zero-order valence-electron chi connectivity index (χ0n) is 11.2. The van der Waals surface area contributed by atoms with Gasteiger partial charge in [0.05, 0.1) is 5.69 Å². The van der Waals surface area contributed by atoms with Crippen LogP contribution in [0.5, 0.6) is 0 Å². The summed E-state index contributed by atoms with van der Waals surface area (Å²) in [4.78, 5) is 7.04. The summed E-state index contributed by atoms with van der Waals surface area (Å²) in [5.74, 6) is 0. The molecule has 0 bridgehead atoms. The van der Waals surface area contributed by atoms with E-state index in [-0.39, 0.29) is 0 Å². The standard InChI is InChI=1S/C16H15ClN2S/c1-20-16(18-15-8-6-14(17)7-9-15)19-10-12-4-2-3-5-13(12)11-19/h2-9H,10-11H2,1H3/b18-16+. The average molecular weight is 303 g/mol. The van der Waals surface area contributed by atoms with Crippen molar-refractivity contribution in [3.05, 3.63) is 64.7 Å². The van der Waals surface area contributed by atoms with Gasteiger partial charge in [0.15, 0.2) is 5.17 Å². The molecule has 0 aliphatic carbocycles. The lowest BCUT2D eigenvalue weighted by molar-refractivity contribution is 0.457. The summed E-state index contributed by atoms with van der Waals surface area (Å²) >= 11 is 7.59. The van der Waals surface area contributed by atoms with Gasteiger partial charge in [0.25, 0.3) is 0 Å². The second-order valence-electron chi connectivity index (χ2n) is 4.70. The van der Waals surface area contributed by atoms with Crippen molar-refractivity contribution >= 4 is 34.2 Å². The van der Waals surface area contributed by atoms with Crippen molar-refractivity contribution in [1.82, 2.24) is 4.90 Å². The van der Waals surface area contributed by atoms with Gasteiger partial charge in [0.1, 0.15) is 0 Å². The monoisotopic (exact) mass is 302 g/mol. The number of fused-ring (bicyclic) bond motifs is 1. The molecule has 2 aromatic rings. The SMILES string of the molecule is CS/C(=N/c1ccc(Cl)cc1)N1Cc2ccccc2C1. The highest BCUT2D eigenvalue weighted by Gasteiger charge is 2.20. The third-order valence-electron chi connectivity index (χ3n) is 3.35. The van der Waals surface area contributed by atoms with Gasteiger partial charge >= 0.3 is 0 Å². The summed E-state index contributed by atoms with van der Waals surface area (Å²) in [6.07, 6.45) is 2.07. The summed E-state index contributed by atoms with van der Waals surface area (Å²) in [6, 6.07) is 16.2. The molecule has 2 aromatic carbocycles. The van der Waals surface area contributed by atoms with E-state index in [1.165, 1.54) is 11.1 Å². The first-order valence-corrected chi connectivity index (χ1v) is 8.06. The molecule has 0 spiro atoms. The zero-order chi connectivity index (χ0) is 13.9. The van der Waals surface area contributed by atoms with Crippen molar-refractivity contribution in [2.45, 2.75) is 13.1 Å². The quantitative estimate of drug-likeness (QED) is 0.560. The number of amidine groups is 1. The van der Waals surface area contributed by atoms with Gasteiger partial charge in [-0.2, -0.15) is 0 Å². The highest BCUT2D eigenvalue weighted by atomic mass is 35.5. The minimum absolute atomic E-state index is 0.739. The number of aliphatic imine (C=N–C) groups is 1. The molecule has 1 aliphatic heterocycles. The van der Waals surface area contributed by atoms with Crippen LogP contribution in [-0.2, 0) is 13.1 Å². The van der Waals surface area contributed by atoms with Crippen molar-refractivity contribution in [2.24, 2.45) is 4.99 Å². The maximum Gasteiger partial charge on any atom is 0.164 e. The minimum atomic E-state index is 0.739. The van der Waals surface area contributed by atoms with Crippen LogP contribution in [0.4, 0.5) is 5.69 Å². The highest BCUT2D eigenvalue weighted by Crippen LogP contribution is 2.27. The van der Waals surface area contributed by atoms with E-state index in [9.17, 15) is 0 Å². The molecule has 102 valence electrons. The summed E-state index contributed by atoms with van der Waals surface area (Å²) in [6.45, 7) is 1.87. The van der Waals surface area contributed by atoms with Gasteiger partial charge in [-0.3, -0.25) is 0 Å². The summed E-state index contributed by atoms with van der Waals surface area (Å²) in [5.41, 5.74) is 3.73. The molecule has 0 fully saturated rings. The average Bonchev–Trinajstić information content (AvgIpc) is 2.90. The maximum absolute atomic E-state index is 5.91. The molecular weight excluding hydrogens is 288 g/mol. The predicted octanol–water partition coefficient (Wildman–Crippen LogP) is 4.71. The molecule has 0 atom stereocenters. The van der Waals surface area contributed by atoms with Crippen LogP contribution in [0, 0.1) is 0 Å². The Morgan fingerprint density at radius 2 is 1.65 bits per heavy atom. The van der Waals surface area contributed by atoms with E-state index in [2.05, 4.69) is 35.4 Å². The van der Waals surface area contributed by atoms with E-state index in [0.717, 1.165) is 29.0 Å². The lowest BCUT2D eigenvalue weighted by atomic mass is 10.1.